The number of carboxylic acid groups (broad SMARTS) is 1. The number of rotatable bonds is 3. The predicted octanol–water partition coefficient (Wildman–Crippen LogP) is 2.92. The van der Waals surface area contributed by atoms with Gasteiger partial charge in [0.1, 0.15) is 11.4 Å². The van der Waals surface area contributed by atoms with Crippen molar-refractivity contribution in [3.63, 3.8) is 0 Å². The molecular formula is C15H17N3O4. The van der Waals surface area contributed by atoms with Gasteiger partial charge in [-0.2, -0.15) is 5.10 Å². The molecule has 1 aromatic carbocycles. The molecule has 0 aliphatic rings. The van der Waals surface area contributed by atoms with Gasteiger partial charge in [-0.25, -0.2) is 14.3 Å². The van der Waals surface area contributed by atoms with Gasteiger partial charge in [0.15, 0.2) is 5.69 Å². The summed E-state index contributed by atoms with van der Waals surface area (Å²) >= 11 is 0. The first-order valence-corrected chi connectivity index (χ1v) is 6.65. The summed E-state index contributed by atoms with van der Waals surface area (Å²) in [7, 11) is 0. The van der Waals surface area contributed by atoms with Gasteiger partial charge in [-0.15, -0.1) is 0 Å². The number of hydrogen-bond donors (Lipinski definition) is 2. The molecule has 0 saturated heterocycles. The molecule has 0 atom stereocenters. The monoisotopic (exact) mass is 303 g/mol. The largest absolute Gasteiger partial charge is 0.476 e. The van der Waals surface area contributed by atoms with Crippen molar-refractivity contribution in [2.45, 2.75) is 26.4 Å². The van der Waals surface area contributed by atoms with Gasteiger partial charge in [0.05, 0.1) is 5.69 Å². The van der Waals surface area contributed by atoms with E-state index in [0.29, 0.717) is 5.69 Å². The van der Waals surface area contributed by atoms with Crippen LogP contribution in [0, 0.1) is 0 Å². The van der Waals surface area contributed by atoms with Crippen molar-refractivity contribution >= 4 is 17.9 Å². The van der Waals surface area contributed by atoms with Gasteiger partial charge in [-0.1, -0.05) is 18.2 Å². The minimum Gasteiger partial charge on any atom is -0.476 e. The van der Waals surface area contributed by atoms with Crippen molar-refractivity contribution in [1.82, 2.24) is 9.78 Å². The second-order valence-corrected chi connectivity index (χ2v) is 5.59. The van der Waals surface area contributed by atoms with E-state index >= 15 is 0 Å². The molecule has 0 fully saturated rings. The highest BCUT2D eigenvalue weighted by atomic mass is 16.6. The molecule has 116 valence electrons. The van der Waals surface area contributed by atoms with Gasteiger partial charge in [-0.3, -0.25) is 5.32 Å². The highest BCUT2D eigenvalue weighted by molar-refractivity contribution is 5.89. The maximum atomic E-state index is 11.9. The number of aromatic carboxylic acids is 1. The van der Waals surface area contributed by atoms with Gasteiger partial charge in [0.2, 0.25) is 0 Å². The molecule has 22 heavy (non-hydrogen) atoms. The molecule has 2 rings (SSSR count). The van der Waals surface area contributed by atoms with E-state index in [1.54, 1.807) is 45.0 Å². The molecule has 1 heterocycles. The summed E-state index contributed by atoms with van der Waals surface area (Å²) in [6.45, 7) is 5.22. The minimum absolute atomic E-state index is 0.171. The van der Waals surface area contributed by atoms with Crippen molar-refractivity contribution in [2.24, 2.45) is 0 Å². The Balaban J connectivity index is 2.34. The third-order valence-electron chi connectivity index (χ3n) is 2.56. The zero-order valence-corrected chi connectivity index (χ0v) is 12.5. The highest BCUT2D eigenvalue weighted by Crippen LogP contribution is 2.18. The van der Waals surface area contributed by atoms with Crippen molar-refractivity contribution in [1.29, 1.82) is 0 Å². The first kappa shape index (κ1) is 15.6. The van der Waals surface area contributed by atoms with Gasteiger partial charge in [0.25, 0.3) is 0 Å². The lowest BCUT2D eigenvalue weighted by molar-refractivity contribution is 0.0632. The number of carboxylic acids is 1. The summed E-state index contributed by atoms with van der Waals surface area (Å²) in [4.78, 5) is 23.0. The van der Waals surface area contributed by atoms with Crippen LogP contribution in [-0.4, -0.2) is 32.6 Å². The molecule has 7 nitrogen and oxygen atoms in total. The average molecular weight is 303 g/mol. The molecule has 7 heteroatoms. The van der Waals surface area contributed by atoms with Crippen molar-refractivity contribution in [3.8, 4) is 5.69 Å². The molecule has 1 amide bonds. The van der Waals surface area contributed by atoms with E-state index in [1.807, 2.05) is 6.07 Å². The topological polar surface area (TPSA) is 93.4 Å². The quantitative estimate of drug-likeness (QED) is 0.909. The normalized spacial score (nSPS) is 11.0. The Morgan fingerprint density at radius 2 is 1.86 bits per heavy atom. The number of aromatic nitrogens is 2. The van der Waals surface area contributed by atoms with Crippen LogP contribution in [0.5, 0.6) is 0 Å². The standard InChI is InChI=1S/C15H17N3O4/c1-15(2,3)22-14(21)16-12-9-11(13(19)20)17-18(12)10-7-5-4-6-8-10/h4-9H,1-3H3,(H,16,21)(H,19,20). The smallest absolute Gasteiger partial charge is 0.413 e. The first-order valence-electron chi connectivity index (χ1n) is 6.65. The minimum atomic E-state index is -1.18. The number of ether oxygens (including phenoxy) is 1. The summed E-state index contributed by atoms with van der Waals surface area (Å²) in [6, 6.07) is 10.2. The van der Waals surface area contributed by atoms with Crippen molar-refractivity contribution in [3.05, 3.63) is 42.1 Å². The Morgan fingerprint density at radius 1 is 1.23 bits per heavy atom. The number of carbonyl (C=O) groups excluding carboxylic acids is 1. The Morgan fingerprint density at radius 3 is 2.41 bits per heavy atom. The van der Waals surface area contributed by atoms with Gasteiger partial charge < -0.3 is 9.84 Å². The third kappa shape index (κ3) is 3.85. The number of para-hydroxylation sites is 1. The van der Waals surface area contributed by atoms with Crippen LogP contribution < -0.4 is 5.32 Å². The van der Waals surface area contributed by atoms with Crippen LogP contribution in [0.25, 0.3) is 5.69 Å². The zero-order valence-electron chi connectivity index (χ0n) is 12.5. The maximum absolute atomic E-state index is 11.9. The lowest BCUT2D eigenvalue weighted by Crippen LogP contribution is -2.27. The number of benzene rings is 1. The Kier molecular flexibility index (Phi) is 4.16. The van der Waals surface area contributed by atoms with Crippen LogP contribution >= 0.6 is 0 Å². The van der Waals surface area contributed by atoms with Gasteiger partial charge in [0, 0.05) is 6.07 Å². The molecule has 0 radical (unpaired) electrons. The molecule has 2 aromatic rings. The number of nitrogens with one attached hydrogen (secondary N) is 1. The van der Waals surface area contributed by atoms with E-state index in [1.165, 1.54) is 10.7 Å². The van der Waals surface area contributed by atoms with E-state index in [4.69, 9.17) is 9.84 Å². The summed E-state index contributed by atoms with van der Waals surface area (Å²) in [6.07, 6.45) is -0.679. The Hall–Kier alpha value is -2.83. The molecule has 0 bridgehead atoms. The number of anilines is 1. The SMILES string of the molecule is CC(C)(C)OC(=O)Nc1cc(C(=O)O)nn1-c1ccccc1. The van der Waals surface area contributed by atoms with E-state index < -0.39 is 17.7 Å². The summed E-state index contributed by atoms with van der Waals surface area (Å²) in [5.74, 6) is -0.959. The second kappa shape index (κ2) is 5.88. The van der Waals surface area contributed by atoms with E-state index in [-0.39, 0.29) is 11.5 Å². The van der Waals surface area contributed by atoms with Crippen LogP contribution in [0.4, 0.5) is 10.6 Å². The van der Waals surface area contributed by atoms with E-state index in [0.717, 1.165) is 0 Å². The molecule has 1 aromatic heterocycles. The lowest BCUT2D eigenvalue weighted by Gasteiger charge is -2.19. The Labute approximate surface area is 127 Å². The number of nitrogens with zero attached hydrogens (tertiary/aromatic N) is 2. The van der Waals surface area contributed by atoms with Crippen LogP contribution in [-0.2, 0) is 4.74 Å². The molecule has 0 unspecified atom stereocenters. The molecular weight excluding hydrogens is 286 g/mol. The number of hydrogen-bond acceptors (Lipinski definition) is 4. The lowest BCUT2D eigenvalue weighted by atomic mass is 10.2. The molecule has 0 aliphatic heterocycles. The second-order valence-electron chi connectivity index (χ2n) is 5.59. The maximum Gasteiger partial charge on any atom is 0.413 e. The highest BCUT2D eigenvalue weighted by Gasteiger charge is 2.20. The number of carbonyl (C=O) groups is 2. The van der Waals surface area contributed by atoms with Crippen LogP contribution in [0.2, 0.25) is 0 Å². The Bertz CT molecular complexity index is 687. The van der Waals surface area contributed by atoms with Crippen molar-refractivity contribution < 1.29 is 19.4 Å². The van der Waals surface area contributed by atoms with Crippen LogP contribution in [0.15, 0.2) is 36.4 Å². The molecule has 0 aliphatic carbocycles. The van der Waals surface area contributed by atoms with Gasteiger partial charge in [-0.05, 0) is 32.9 Å². The first-order chi connectivity index (χ1) is 10.3. The van der Waals surface area contributed by atoms with Crippen LogP contribution in [0.3, 0.4) is 0 Å². The van der Waals surface area contributed by atoms with Crippen LogP contribution in [0.1, 0.15) is 31.3 Å². The average Bonchev–Trinajstić information content (AvgIpc) is 2.81. The van der Waals surface area contributed by atoms with E-state index in [9.17, 15) is 9.59 Å². The fraction of sp³-hybridized carbons (Fsp3) is 0.267. The third-order valence-corrected chi connectivity index (χ3v) is 2.56. The zero-order chi connectivity index (χ0) is 16.3. The fourth-order valence-corrected chi connectivity index (χ4v) is 1.75. The fourth-order valence-electron chi connectivity index (χ4n) is 1.75. The summed E-state index contributed by atoms with van der Waals surface area (Å²) in [5.41, 5.74) is -0.201. The van der Waals surface area contributed by atoms with Gasteiger partial charge >= 0.3 is 12.1 Å². The summed E-state index contributed by atoms with van der Waals surface area (Å²) < 4.78 is 6.50. The molecule has 0 saturated carbocycles. The number of amides is 1. The van der Waals surface area contributed by atoms with Crippen molar-refractivity contribution in [2.75, 3.05) is 5.32 Å². The molecule has 0 spiro atoms. The summed E-state index contributed by atoms with van der Waals surface area (Å²) in [5, 5.41) is 15.6. The molecule has 2 N–H and O–H groups in total. The van der Waals surface area contributed by atoms with E-state index in [2.05, 4.69) is 10.4 Å². The predicted molar refractivity (Wildman–Crippen MR) is 80.4 cm³/mol.